The molecule has 0 aliphatic carbocycles. The summed E-state index contributed by atoms with van der Waals surface area (Å²) in [6, 6.07) is -0.795. The molecule has 0 saturated heterocycles. The number of nitrogens with zero attached hydrogens (tertiary/aromatic N) is 6. The van der Waals surface area contributed by atoms with Gasteiger partial charge in [0.1, 0.15) is 13.2 Å². The van der Waals surface area contributed by atoms with Gasteiger partial charge in [0.2, 0.25) is 22.3 Å². The Balaban J connectivity index is 2.42. The predicted molar refractivity (Wildman–Crippen MR) is 162 cm³/mol. The quantitative estimate of drug-likeness (QED) is 0.118. The summed E-state index contributed by atoms with van der Waals surface area (Å²) in [6.45, 7) is 10.7. The Morgan fingerprint density at radius 1 is 0.489 bits per heavy atom. The third kappa shape index (κ3) is 11.2. The first-order valence-electron chi connectivity index (χ1n) is 14.1. The molecule has 23 heteroatoms. The summed E-state index contributed by atoms with van der Waals surface area (Å²) in [5, 5.41) is 0. The Morgan fingerprint density at radius 3 is 1.16 bits per heavy atom. The van der Waals surface area contributed by atoms with Crippen molar-refractivity contribution < 1.29 is 59.4 Å². The fourth-order valence-corrected chi connectivity index (χ4v) is 8.39. The van der Waals surface area contributed by atoms with Gasteiger partial charge in [-0.05, 0) is 48.5 Å². The molecule has 0 fully saturated rings. The molecular formula is C22H40N6O13P4. The zero-order valence-electron chi connectivity index (χ0n) is 26.2. The van der Waals surface area contributed by atoms with Crippen molar-refractivity contribution in [3.63, 3.8) is 0 Å². The molecule has 19 nitrogen and oxygen atoms in total. The molecule has 0 aromatic carbocycles. The van der Waals surface area contributed by atoms with Crippen LogP contribution in [0, 0.1) is 0 Å². The van der Waals surface area contributed by atoms with E-state index >= 15 is 0 Å². The van der Waals surface area contributed by atoms with Gasteiger partial charge in [-0.15, -0.1) is 0 Å². The molecule has 256 valence electrons. The van der Waals surface area contributed by atoms with E-state index in [4.69, 9.17) is 41.1 Å². The van der Waals surface area contributed by atoms with Crippen molar-refractivity contribution in [2.45, 2.75) is 48.5 Å². The lowest BCUT2D eigenvalue weighted by Gasteiger charge is -2.19. The number of ether oxygens (including phenoxy) is 2. The van der Waals surface area contributed by atoms with Gasteiger partial charge in [-0.3, -0.25) is 18.3 Å². The molecule has 2 heterocycles. The molecule has 0 bridgehead atoms. The summed E-state index contributed by atoms with van der Waals surface area (Å²) in [5.41, 5.74) is -1.66. The molecule has 1 unspecified atom stereocenters. The van der Waals surface area contributed by atoms with Gasteiger partial charge in [0.25, 0.3) is 8.03 Å². The Labute approximate surface area is 262 Å². The van der Waals surface area contributed by atoms with Crippen LogP contribution in [0.1, 0.15) is 48.5 Å². The van der Waals surface area contributed by atoms with Crippen molar-refractivity contribution in [1.29, 1.82) is 0 Å². The summed E-state index contributed by atoms with van der Waals surface area (Å²) in [5.74, 6) is 0. The van der Waals surface area contributed by atoms with Crippen LogP contribution < -0.4 is 31.7 Å². The molecule has 0 spiro atoms. The lowest BCUT2D eigenvalue weighted by Crippen LogP contribution is -2.31. The molecule has 0 saturated carbocycles. The highest BCUT2D eigenvalue weighted by atomic mass is 31.2. The largest absolute Gasteiger partial charge is 0.460 e. The second kappa shape index (κ2) is 19.2. The van der Waals surface area contributed by atoms with E-state index in [9.17, 15) is 18.3 Å². The molecule has 1 atom stereocenters. The van der Waals surface area contributed by atoms with E-state index in [1.54, 1.807) is 48.5 Å². The highest BCUT2D eigenvalue weighted by molar-refractivity contribution is 7.63. The number of rotatable bonds is 23. The summed E-state index contributed by atoms with van der Waals surface area (Å²) in [4.78, 5) is 24.2. The molecule has 0 aliphatic heterocycles. The minimum atomic E-state index is -4.10. The average Bonchev–Trinajstić information content (AvgIpc) is 3.00. The Morgan fingerprint density at radius 2 is 0.822 bits per heavy atom. The summed E-state index contributed by atoms with van der Waals surface area (Å²) in [7, 11) is -15.2. The predicted octanol–water partition coefficient (Wildman–Crippen LogP) is 2.33. The Hall–Kier alpha value is -1.74. The van der Waals surface area contributed by atoms with Crippen LogP contribution >= 0.6 is 30.8 Å². The molecule has 2 rings (SSSR count). The lowest BCUT2D eigenvalue weighted by molar-refractivity contribution is 0.194. The van der Waals surface area contributed by atoms with Gasteiger partial charge >= 0.3 is 34.8 Å². The van der Waals surface area contributed by atoms with Crippen LogP contribution in [0.4, 0.5) is 0 Å². The van der Waals surface area contributed by atoms with Crippen molar-refractivity contribution in [1.82, 2.24) is 29.9 Å². The van der Waals surface area contributed by atoms with Gasteiger partial charge in [0.15, 0.2) is 0 Å². The van der Waals surface area contributed by atoms with Crippen LogP contribution in [0.2, 0.25) is 0 Å². The highest BCUT2D eigenvalue weighted by Crippen LogP contribution is 2.48. The summed E-state index contributed by atoms with van der Waals surface area (Å²) < 4.78 is 101. The van der Waals surface area contributed by atoms with Crippen molar-refractivity contribution in [2.24, 2.45) is 0 Å². The second-order valence-electron chi connectivity index (χ2n) is 7.88. The van der Waals surface area contributed by atoms with E-state index in [2.05, 4.69) is 29.9 Å². The van der Waals surface area contributed by atoms with Crippen LogP contribution in [0.5, 0.6) is 12.0 Å². The van der Waals surface area contributed by atoms with Crippen molar-refractivity contribution in [3.8, 4) is 12.0 Å². The van der Waals surface area contributed by atoms with Gasteiger partial charge in [-0.25, -0.2) is 0 Å². The SMILES string of the molecule is CCO[PH](=O)c1nc(OCCOc2nc(P(=O)(OCC)OCC)nc(P(=O)(OCC)OCC)n2)nc(P(=O)(OCC)OCC)n1. The zero-order chi connectivity index (χ0) is 33.5. The topological polar surface area (TPSA) is 229 Å². The first kappa shape index (κ1) is 39.4. The van der Waals surface area contributed by atoms with E-state index < -0.39 is 53.5 Å². The Bertz CT molecular complexity index is 1330. The molecule has 0 radical (unpaired) electrons. The molecule has 2 aromatic rings. The normalized spacial score (nSPS) is 13.1. The maximum absolute atomic E-state index is 13.5. The number of hydrogen-bond donors (Lipinski definition) is 0. The first-order chi connectivity index (χ1) is 21.5. The van der Waals surface area contributed by atoms with Gasteiger partial charge in [0, 0.05) is 0 Å². The molecular weight excluding hydrogens is 680 g/mol. The second-order valence-corrected chi connectivity index (χ2v) is 14.9. The van der Waals surface area contributed by atoms with Crippen molar-refractivity contribution in [3.05, 3.63) is 0 Å². The van der Waals surface area contributed by atoms with Crippen molar-refractivity contribution in [2.75, 3.05) is 59.5 Å². The maximum Gasteiger partial charge on any atom is 0.398 e. The van der Waals surface area contributed by atoms with Gasteiger partial charge in [-0.1, -0.05) is 0 Å². The summed E-state index contributed by atoms with van der Waals surface area (Å²) in [6.07, 6.45) is 0. The molecule has 0 amide bonds. The van der Waals surface area contributed by atoms with E-state index in [0.29, 0.717) is 0 Å². The van der Waals surface area contributed by atoms with Crippen molar-refractivity contribution >= 4 is 53.1 Å². The summed E-state index contributed by atoms with van der Waals surface area (Å²) >= 11 is 0. The smallest absolute Gasteiger partial charge is 0.398 e. The third-order valence-electron chi connectivity index (χ3n) is 4.73. The zero-order valence-corrected chi connectivity index (χ0v) is 29.9. The maximum atomic E-state index is 13.5. The van der Waals surface area contributed by atoms with E-state index in [1.807, 2.05) is 0 Å². The standard InChI is InChI=1S/C22H40N6O13P4/c1-8-35-42(29)19-23-17(24-20(27-19)43(30,36-9-2)37-10-3)33-15-16-34-18-25-21(44(31,38-11-4)39-12-5)28-22(26-18)45(32,40-13-6)41-14-7/h42H,8-16H2,1-7H3. The van der Waals surface area contributed by atoms with Crippen LogP contribution in [0.25, 0.3) is 0 Å². The Kier molecular flexibility index (Phi) is 16.8. The highest BCUT2D eigenvalue weighted by Gasteiger charge is 2.38. The van der Waals surface area contributed by atoms with E-state index in [0.717, 1.165) is 0 Å². The fourth-order valence-electron chi connectivity index (χ4n) is 3.21. The monoisotopic (exact) mass is 720 g/mol. The van der Waals surface area contributed by atoms with Gasteiger partial charge < -0.3 is 41.1 Å². The average molecular weight is 720 g/mol. The lowest BCUT2D eigenvalue weighted by atomic mass is 10.8. The molecule has 2 aromatic heterocycles. The molecule has 0 aliphatic rings. The van der Waals surface area contributed by atoms with E-state index in [1.165, 1.54) is 0 Å². The van der Waals surface area contributed by atoms with Crippen LogP contribution in [0.15, 0.2) is 0 Å². The minimum Gasteiger partial charge on any atom is -0.460 e. The van der Waals surface area contributed by atoms with E-state index in [-0.39, 0.29) is 71.0 Å². The number of hydrogen-bond acceptors (Lipinski definition) is 19. The fraction of sp³-hybridized carbons (Fsp3) is 0.727. The molecule has 0 N–H and O–H groups in total. The first-order valence-corrected chi connectivity index (χ1v) is 20.1. The third-order valence-corrected chi connectivity index (χ3v) is 11.5. The van der Waals surface area contributed by atoms with Crippen LogP contribution in [0.3, 0.4) is 0 Å². The van der Waals surface area contributed by atoms with Gasteiger partial charge in [0.05, 0.1) is 46.2 Å². The number of aromatic nitrogens is 6. The minimum absolute atomic E-state index is 0.0118. The van der Waals surface area contributed by atoms with Crippen LogP contribution in [-0.4, -0.2) is 89.4 Å². The van der Waals surface area contributed by atoms with Crippen LogP contribution in [-0.2, 0) is 49.9 Å². The van der Waals surface area contributed by atoms with Gasteiger partial charge in [-0.2, -0.15) is 29.9 Å². The molecule has 45 heavy (non-hydrogen) atoms.